The lowest BCUT2D eigenvalue weighted by atomic mass is 9.84. The maximum Gasteiger partial charge on any atom is 0.325 e. The number of nitrogens with one attached hydrogen (secondary N) is 2. The second-order valence-electron chi connectivity index (χ2n) is 5.94. The zero-order valence-corrected chi connectivity index (χ0v) is 12.5. The van der Waals surface area contributed by atoms with Gasteiger partial charge in [0.15, 0.2) is 0 Å². The molecule has 1 saturated heterocycles. The molecule has 0 bridgehead atoms. The van der Waals surface area contributed by atoms with Crippen LogP contribution in [0.25, 0.3) is 0 Å². The second-order valence-corrected chi connectivity index (χ2v) is 5.94. The van der Waals surface area contributed by atoms with E-state index in [1.54, 1.807) is 0 Å². The van der Waals surface area contributed by atoms with Crippen LogP contribution >= 0.6 is 0 Å². The molecule has 1 heterocycles. The molecule has 2 N–H and O–H groups in total. The van der Waals surface area contributed by atoms with Crippen molar-refractivity contribution in [2.24, 2.45) is 0 Å². The molecule has 5 nitrogen and oxygen atoms in total. The second kappa shape index (κ2) is 7.07. The first kappa shape index (κ1) is 15.3. The van der Waals surface area contributed by atoms with Crippen LogP contribution in [0.5, 0.6) is 0 Å². The molecule has 0 unspecified atom stereocenters. The summed E-state index contributed by atoms with van der Waals surface area (Å²) in [6.07, 6.45) is 8.11. The highest BCUT2D eigenvalue weighted by molar-refractivity contribution is 6.07. The van der Waals surface area contributed by atoms with Gasteiger partial charge in [0.25, 0.3) is 5.91 Å². The number of nitrogens with zero attached hydrogens (tertiary/aromatic N) is 1. The molecular formula is C15H27N3O2. The maximum absolute atomic E-state index is 12.6. The molecule has 2 rings (SSSR count). The fourth-order valence-corrected chi connectivity index (χ4v) is 3.27. The largest absolute Gasteiger partial charge is 0.325 e. The van der Waals surface area contributed by atoms with E-state index in [0.29, 0.717) is 6.54 Å². The Morgan fingerprint density at radius 2 is 1.80 bits per heavy atom. The van der Waals surface area contributed by atoms with Gasteiger partial charge >= 0.3 is 6.03 Å². The van der Waals surface area contributed by atoms with Crippen LogP contribution in [-0.2, 0) is 4.79 Å². The van der Waals surface area contributed by atoms with Crippen molar-refractivity contribution in [1.29, 1.82) is 0 Å². The molecule has 0 aromatic heterocycles. The molecule has 114 valence electrons. The average molecular weight is 281 g/mol. The quantitative estimate of drug-likeness (QED) is 0.598. The van der Waals surface area contributed by atoms with Crippen LogP contribution in [0, 0.1) is 0 Å². The Morgan fingerprint density at radius 1 is 1.15 bits per heavy atom. The molecule has 3 amide bonds. The van der Waals surface area contributed by atoms with Crippen LogP contribution < -0.4 is 10.6 Å². The Labute approximate surface area is 121 Å². The number of urea groups is 1. The van der Waals surface area contributed by atoms with Gasteiger partial charge in [0.1, 0.15) is 5.54 Å². The Morgan fingerprint density at radius 3 is 2.45 bits per heavy atom. The zero-order valence-electron chi connectivity index (χ0n) is 12.5. The first-order valence-electron chi connectivity index (χ1n) is 8.04. The topological polar surface area (TPSA) is 61.4 Å². The number of rotatable bonds is 5. The third-order valence-corrected chi connectivity index (χ3v) is 4.44. The van der Waals surface area contributed by atoms with E-state index in [4.69, 9.17) is 0 Å². The molecular weight excluding hydrogens is 254 g/mol. The van der Waals surface area contributed by atoms with E-state index in [1.165, 1.54) is 24.2 Å². The molecule has 0 aromatic rings. The molecule has 2 aliphatic rings. The molecule has 0 aromatic carbocycles. The van der Waals surface area contributed by atoms with Crippen molar-refractivity contribution in [1.82, 2.24) is 15.5 Å². The summed E-state index contributed by atoms with van der Waals surface area (Å²) in [6.45, 7) is 4.35. The summed E-state index contributed by atoms with van der Waals surface area (Å²) in [4.78, 5) is 26.2. The highest BCUT2D eigenvalue weighted by atomic mass is 16.2. The number of hydrogen-bond donors (Lipinski definition) is 2. The average Bonchev–Trinajstić information content (AvgIpc) is 2.63. The van der Waals surface area contributed by atoms with Gasteiger partial charge in [-0.05, 0) is 32.4 Å². The SMILES string of the molecule is CCNCCCN1C(=O)NC2(CCCCCCC2)C1=O. The number of carbonyl (C=O) groups is 2. The summed E-state index contributed by atoms with van der Waals surface area (Å²) in [5, 5.41) is 6.22. The van der Waals surface area contributed by atoms with Gasteiger partial charge in [-0.2, -0.15) is 0 Å². The van der Waals surface area contributed by atoms with E-state index < -0.39 is 5.54 Å². The Bertz CT molecular complexity index is 349. The van der Waals surface area contributed by atoms with Gasteiger partial charge in [-0.1, -0.05) is 39.0 Å². The molecule has 0 radical (unpaired) electrons. The van der Waals surface area contributed by atoms with Crippen LogP contribution in [0.1, 0.15) is 58.3 Å². The molecule has 20 heavy (non-hydrogen) atoms. The third kappa shape index (κ3) is 3.32. The lowest BCUT2D eigenvalue weighted by Crippen LogP contribution is -2.47. The van der Waals surface area contributed by atoms with Crippen molar-refractivity contribution in [3.63, 3.8) is 0 Å². The van der Waals surface area contributed by atoms with Gasteiger partial charge in [0.05, 0.1) is 0 Å². The summed E-state index contributed by atoms with van der Waals surface area (Å²) < 4.78 is 0. The number of carbonyl (C=O) groups excluding carboxylic acids is 2. The minimum Gasteiger partial charge on any atom is -0.323 e. The predicted octanol–water partition coefficient (Wildman–Crippen LogP) is 2.02. The Balaban J connectivity index is 1.95. The monoisotopic (exact) mass is 281 g/mol. The molecule has 0 atom stereocenters. The van der Waals surface area contributed by atoms with Crippen LogP contribution in [-0.4, -0.2) is 42.0 Å². The molecule has 1 aliphatic carbocycles. The highest BCUT2D eigenvalue weighted by Crippen LogP contribution is 2.32. The minimum absolute atomic E-state index is 0.0147. The smallest absolute Gasteiger partial charge is 0.323 e. The number of imide groups is 1. The maximum atomic E-state index is 12.6. The van der Waals surface area contributed by atoms with E-state index in [0.717, 1.165) is 45.2 Å². The van der Waals surface area contributed by atoms with Crippen LogP contribution in [0.4, 0.5) is 4.79 Å². The van der Waals surface area contributed by atoms with Crippen molar-refractivity contribution in [3.05, 3.63) is 0 Å². The third-order valence-electron chi connectivity index (χ3n) is 4.44. The minimum atomic E-state index is -0.588. The first-order valence-corrected chi connectivity index (χ1v) is 8.04. The van der Waals surface area contributed by atoms with Crippen molar-refractivity contribution in [3.8, 4) is 0 Å². The van der Waals surface area contributed by atoms with Gasteiger partial charge in [-0.25, -0.2) is 4.79 Å². The van der Waals surface area contributed by atoms with Gasteiger partial charge in [0, 0.05) is 6.54 Å². The van der Waals surface area contributed by atoms with E-state index >= 15 is 0 Å². The summed E-state index contributed by atoms with van der Waals surface area (Å²) in [7, 11) is 0. The van der Waals surface area contributed by atoms with Crippen molar-refractivity contribution >= 4 is 11.9 Å². The summed E-state index contributed by atoms with van der Waals surface area (Å²) in [5.74, 6) is 0.0147. The van der Waals surface area contributed by atoms with Crippen LogP contribution in [0.2, 0.25) is 0 Å². The Kier molecular flexibility index (Phi) is 5.40. The number of amides is 3. The highest BCUT2D eigenvalue weighted by Gasteiger charge is 2.49. The van der Waals surface area contributed by atoms with Gasteiger partial charge in [-0.3, -0.25) is 9.69 Å². The lowest BCUT2D eigenvalue weighted by molar-refractivity contribution is -0.132. The number of hydrogen-bond acceptors (Lipinski definition) is 3. The van der Waals surface area contributed by atoms with Crippen LogP contribution in [0.15, 0.2) is 0 Å². The van der Waals surface area contributed by atoms with Crippen LogP contribution in [0.3, 0.4) is 0 Å². The lowest BCUT2D eigenvalue weighted by Gasteiger charge is -2.28. The summed E-state index contributed by atoms with van der Waals surface area (Å²) >= 11 is 0. The molecule has 1 aliphatic heterocycles. The fraction of sp³-hybridized carbons (Fsp3) is 0.867. The molecule has 1 spiro atoms. The predicted molar refractivity (Wildman–Crippen MR) is 78.5 cm³/mol. The summed E-state index contributed by atoms with van der Waals surface area (Å²) in [6, 6.07) is -0.188. The van der Waals surface area contributed by atoms with Crippen molar-refractivity contribution in [2.45, 2.75) is 63.8 Å². The van der Waals surface area contributed by atoms with E-state index in [1.807, 2.05) is 0 Å². The van der Waals surface area contributed by atoms with Gasteiger partial charge in [0.2, 0.25) is 0 Å². The van der Waals surface area contributed by atoms with Crippen molar-refractivity contribution < 1.29 is 9.59 Å². The van der Waals surface area contributed by atoms with Crippen molar-refractivity contribution in [2.75, 3.05) is 19.6 Å². The van der Waals surface area contributed by atoms with Gasteiger partial charge in [-0.15, -0.1) is 0 Å². The fourth-order valence-electron chi connectivity index (χ4n) is 3.27. The molecule has 2 fully saturated rings. The first-order chi connectivity index (χ1) is 9.69. The normalized spacial score (nSPS) is 22.8. The molecule has 1 saturated carbocycles. The summed E-state index contributed by atoms with van der Waals surface area (Å²) in [5.41, 5.74) is -0.588. The Hall–Kier alpha value is -1.10. The van der Waals surface area contributed by atoms with Gasteiger partial charge < -0.3 is 10.6 Å². The zero-order chi connectivity index (χ0) is 14.4. The van der Waals surface area contributed by atoms with E-state index in [2.05, 4.69) is 17.6 Å². The van der Waals surface area contributed by atoms with E-state index in [-0.39, 0.29) is 11.9 Å². The standard InChI is InChI=1S/C15H27N3O2/c1-2-16-11-8-12-18-13(19)15(17-14(18)20)9-6-4-3-5-7-10-15/h16H,2-12H2,1H3,(H,17,20). The van der Waals surface area contributed by atoms with E-state index in [9.17, 15) is 9.59 Å². The molecule has 5 heteroatoms.